The molecule has 7 nitrogen and oxygen atoms in total. The van der Waals surface area contributed by atoms with E-state index in [1.165, 1.54) is 0 Å². The number of aromatic nitrogens is 5. The highest BCUT2D eigenvalue weighted by Crippen LogP contribution is 2.29. The summed E-state index contributed by atoms with van der Waals surface area (Å²) in [5.74, 6) is 0.680. The van der Waals surface area contributed by atoms with Gasteiger partial charge in [0.2, 0.25) is 5.95 Å². The average molecular weight is 328 g/mol. The van der Waals surface area contributed by atoms with Crippen LogP contribution >= 0.6 is 0 Å². The molecule has 1 aliphatic rings. The molecule has 1 fully saturated rings. The highest BCUT2D eigenvalue weighted by Gasteiger charge is 2.34. The molecule has 1 aliphatic heterocycles. The van der Waals surface area contributed by atoms with Crippen LogP contribution in [0, 0.1) is 0 Å². The Morgan fingerprint density at radius 2 is 2.22 bits per heavy atom. The third-order valence-electron chi connectivity index (χ3n) is 3.56. The molecule has 0 aliphatic carbocycles. The van der Waals surface area contributed by atoms with Crippen molar-refractivity contribution in [3.8, 4) is 0 Å². The maximum atomic E-state index is 12.8. The number of morpholine rings is 1. The van der Waals surface area contributed by atoms with Gasteiger partial charge in [0.25, 0.3) is 0 Å². The number of rotatable bonds is 3. The van der Waals surface area contributed by atoms with E-state index in [4.69, 9.17) is 4.74 Å². The molecule has 0 amide bonds. The van der Waals surface area contributed by atoms with Gasteiger partial charge < -0.3 is 14.2 Å². The number of aryl methyl sites for hydroxylation is 1. The van der Waals surface area contributed by atoms with Gasteiger partial charge in [0.1, 0.15) is 18.1 Å². The van der Waals surface area contributed by atoms with E-state index in [2.05, 4.69) is 20.2 Å². The SMILES string of the molecule is CCn1cnnc1[C@H]1CN(c2nccc(C(F)(F)F)n2)CCO1. The Bertz CT molecular complexity index is 674. The van der Waals surface area contributed by atoms with E-state index in [0.717, 1.165) is 12.3 Å². The molecule has 1 atom stereocenters. The van der Waals surface area contributed by atoms with Gasteiger partial charge in [-0.15, -0.1) is 10.2 Å². The van der Waals surface area contributed by atoms with Crippen LogP contribution in [0.25, 0.3) is 0 Å². The second-order valence-electron chi connectivity index (χ2n) is 5.02. The first-order chi connectivity index (χ1) is 11.0. The largest absolute Gasteiger partial charge is 0.433 e. The van der Waals surface area contributed by atoms with Crippen LogP contribution in [-0.2, 0) is 17.5 Å². The predicted octanol–water partition coefficient (Wildman–Crippen LogP) is 1.68. The van der Waals surface area contributed by atoms with E-state index in [-0.39, 0.29) is 12.1 Å². The minimum atomic E-state index is -4.49. The fourth-order valence-electron chi connectivity index (χ4n) is 2.40. The van der Waals surface area contributed by atoms with Crippen LogP contribution < -0.4 is 4.90 Å². The summed E-state index contributed by atoms with van der Waals surface area (Å²) in [5.41, 5.74) is -0.956. The summed E-state index contributed by atoms with van der Waals surface area (Å²) in [5, 5.41) is 7.88. The van der Waals surface area contributed by atoms with Crippen molar-refractivity contribution in [1.29, 1.82) is 0 Å². The molecule has 10 heteroatoms. The van der Waals surface area contributed by atoms with Gasteiger partial charge in [-0.3, -0.25) is 0 Å². The first-order valence-corrected chi connectivity index (χ1v) is 7.13. The Morgan fingerprint density at radius 3 is 2.96 bits per heavy atom. The van der Waals surface area contributed by atoms with Crippen LogP contribution in [0.4, 0.5) is 19.1 Å². The molecule has 0 bridgehead atoms. The molecule has 124 valence electrons. The zero-order valence-corrected chi connectivity index (χ0v) is 12.4. The molecule has 3 heterocycles. The van der Waals surface area contributed by atoms with Crippen LogP contribution in [-0.4, -0.2) is 44.4 Å². The van der Waals surface area contributed by atoms with Crippen molar-refractivity contribution in [3.63, 3.8) is 0 Å². The lowest BCUT2D eigenvalue weighted by Crippen LogP contribution is -2.40. The van der Waals surface area contributed by atoms with Gasteiger partial charge >= 0.3 is 6.18 Å². The topological polar surface area (TPSA) is 69.0 Å². The molecule has 0 N–H and O–H groups in total. The van der Waals surface area contributed by atoms with E-state index in [1.54, 1.807) is 11.2 Å². The number of hydrogen-bond acceptors (Lipinski definition) is 6. The standard InChI is InChI=1S/C13H15F3N6O/c1-2-21-8-18-20-11(21)9-7-22(5-6-23-9)12-17-4-3-10(19-12)13(14,15)16/h3-4,8-9H,2,5-7H2,1H3/t9-/m1/s1. The van der Waals surface area contributed by atoms with E-state index < -0.39 is 11.9 Å². The van der Waals surface area contributed by atoms with E-state index in [0.29, 0.717) is 32.1 Å². The second kappa shape index (κ2) is 6.11. The van der Waals surface area contributed by atoms with Crippen LogP contribution in [0.5, 0.6) is 0 Å². The number of nitrogens with zero attached hydrogens (tertiary/aromatic N) is 6. The lowest BCUT2D eigenvalue weighted by molar-refractivity contribution is -0.141. The summed E-state index contributed by atoms with van der Waals surface area (Å²) in [4.78, 5) is 9.23. The summed E-state index contributed by atoms with van der Waals surface area (Å²) in [6.45, 7) is 3.71. The van der Waals surface area contributed by atoms with E-state index >= 15 is 0 Å². The highest BCUT2D eigenvalue weighted by atomic mass is 19.4. The van der Waals surface area contributed by atoms with Crippen molar-refractivity contribution in [2.45, 2.75) is 25.7 Å². The maximum Gasteiger partial charge on any atom is 0.433 e. The molecule has 0 radical (unpaired) electrons. The fourth-order valence-corrected chi connectivity index (χ4v) is 2.40. The quantitative estimate of drug-likeness (QED) is 0.854. The van der Waals surface area contributed by atoms with Crippen molar-refractivity contribution in [3.05, 3.63) is 30.1 Å². The maximum absolute atomic E-state index is 12.8. The third-order valence-corrected chi connectivity index (χ3v) is 3.56. The molecule has 0 saturated carbocycles. The third kappa shape index (κ3) is 3.26. The van der Waals surface area contributed by atoms with Gasteiger partial charge in [0.05, 0.1) is 13.2 Å². The number of alkyl halides is 3. The molecule has 2 aromatic heterocycles. The van der Waals surface area contributed by atoms with Crippen LogP contribution in [0.3, 0.4) is 0 Å². The van der Waals surface area contributed by atoms with Gasteiger partial charge in [-0.2, -0.15) is 13.2 Å². The average Bonchev–Trinajstić information content (AvgIpc) is 3.03. The monoisotopic (exact) mass is 328 g/mol. The zero-order valence-electron chi connectivity index (χ0n) is 12.4. The van der Waals surface area contributed by atoms with E-state index in [1.807, 2.05) is 11.5 Å². The van der Waals surface area contributed by atoms with Crippen LogP contribution in [0.1, 0.15) is 24.5 Å². The van der Waals surface area contributed by atoms with Gasteiger partial charge in [0, 0.05) is 19.3 Å². The van der Waals surface area contributed by atoms with Gasteiger partial charge in [-0.05, 0) is 13.0 Å². The minimum Gasteiger partial charge on any atom is -0.366 e. The highest BCUT2D eigenvalue weighted by molar-refractivity contribution is 5.32. The molecular weight excluding hydrogens is 313 g/mol. The molecular formula is C13H15F3N6O. The normalized spacial score (nSPS) is 19.1. The lowest BCUT2D eigenvalue weighted by atomic mass is 10.2. The smallest absolute Gasteiger partial charge is 0.366 e. The predicted molar refractivity (Wildman–Crippen MR) is 73.6 cm³/mol. The number of hydrogen-bond donors (Lipinski definition) is 0. The second-order valence-corrected chi connectivity index (χ2v) is 5.02. The lowest BCUT2D eigenvalue weighted by Gasteiger charge is -2.32. The van der Waals surface area contributed by atoms with Gasteiger partial charge in [0.15, 0.2) is 5.82 Å². The number of halogens is 3. The van der Waals surface area contributed by atoms with Gasteiger partial charge in [-0.25, -0.2) is 9.97 Å². The van der Waals surface area contributed by atoms with Crippen molar-refractivity contribution < 1.29 is 17.9 Å². The Hall–Kier alpha value is -2.23. The Balaban J connectivity index is 1.81. The molecule has 1 saturated heterocycles. The summed E-state index contributed by atoms with van der Waals surface area (Å²) in [7, 11) is 0. The molecule has 0 aromatic carbocycles. The molecule has 0 spiro atoms. The number of ether oxygens (including phenoxy) is 1. The minimum absolute atomic E-state index is 0.0377. The van der Waals surface area contributed by atoms with Crippen LogP contribution in [0.15, 0.2) is 18.6 Å². The molecule has 3 rings (SSSR count). The Labute approximate surface area is 130 Å². The van der Waals surface area contributed by atoms with Crippen molar-refractivity contribution in [2.75, 3.05) is 24.6 Å². The van der Waals surface area contributed by atoms with Crippen molar-refractivity contribution >= 4 is 5.95 Å². The van der Waals surface area contributed by atoms with Crippen molar-refractivity contribution in [1.82, 2.24) is 24.7 Å². The fraction of sp³-hybridized carbons (Fsp3) is 0.538. The molecule has 23 heavy (non-hydrogen) atoms. The summed E-state index contributed by atoms with van der Waals surface area (Å²) >= 11 is 0. The van der Waals surface area contributed by atoms with E-state index in [9.17, 15) is 13.2 Å². The number of anilines is 1. The first-order valence-electron chi connectivity index (χ1n) is 7.13. The Morgan fingerprint density at radius 1 is 1.39 bits per heavy atom. The first kappa shape index (κ1) is 15.7. The summed E-state index contributed by atoms with van der Waals surface area (Å²) in [6, 6.07) is 0.856. The van der Waals surface area contributed by atoms with Crippen LogP contribution in [0.2, 0.25) is 0 Å². The zero-order chi connectivity index (χ0) is 16.4. The molecule has 2 aromatic rings. The summed E-state index contributed by atoms with van der Waals surface area (Å²) in [6.07, 6.45) is -2.17. The summed E-state index contributed by atoms with van der Waals surface area (Å²) < 4.78 is 45.8. The van der Waals surface area contributed by atoms with Gasteiger partial charge in [-0.1, -0.05) is 0 Å². The molecule has 0 unspecified atom stereocenters. The van der Waals surface area contributed by atoms with Crippen molar-refractivity contribution in [2.24, 2.45) is 0 Å². The Kier molecular flexibility index (Phi) is 4.16.